The number of amides is 1. The van der Waals surface area contributed by atoms with E-state index in [0.29, 0.717) is 5.69 Å². The van der Waals surface area contributed by atoms with Crippen molar-refractivity contribution >= 4 is 17.6 Å². The van der Waals surface area contributed by atoms with Gasteiger partial charge in [-0.05, 0) is 28.7 Å². The van der Waals surface area contributed by atoms with Crippen LogP contribution >= 0.6 is 0 Å². The number of esters is 1. The average molecular weight is 419 g/mol. The van der Waals surface area contributed by atoms with Gasteiger partial charge in [0.2, 0.25) is 0 Å². The van der Waals surface area contributed by atoms with E-state index in [2.05, 4.69) is 10.4 Å². The molecule has 160 valence electrons. The third kappa shape index (κ3) is 5.88. The third-order valence-electron chi connectivity index (χ3n) is 4.59. The molecule has 7 nitrogen and oxygen atoms in total. The highest BCUT2D eigenvalue weighted by Gasteiger charge is 2.19. The van der Waals surface area contributed by atoms with E-state index < -0.39 is 18.5 Å². The van der Waals surface area contributed by atoms with Crippen molar-refractivity contribution in [2.45, 2.75) is 32.7 Å². The van der Waals surface area contributed by atoms with Crippen LogP contribution in [0.5, 0.6) is 0 Å². The first-order valence-electron chi connectivity index (χ1n) is 9.92. The topological polar surface area (TPSA) is 90.3 Å². The number of carbonyl (C=O) groups excluding carboxylic acids is 2. The molecular formula is C24H25N3O4. The van der Waals surface area contributed by atoms with E-state index in [9.17, 15) is 14.4 Å². The third-order valence-corrected chi connectivity index (χ3v) is 4.59. The molecule has 3 aromatic rings. The molecule has 1 aromatic heterocycles. The zero-order valence-electron chi connectivity index (χ0n) is 17.8. The lowest BCUT2D eigenvalue weighted by Crippen LogP contribution is -2.27. The Bertz CT molecular complexity index is 1130. The smallest absolute Gasteiger partial charge is 0.359 e. The average Bonchev–Trinajstić information content (AvgIpc) is 2.74. The highest BCUT2D eigenvalue weighted by Crippen LogP contribution is 2.29. The molecule has 0 saturated heterocycles. The van der Waals surface area contributed by atoms with Crippen LogP contribution in [0.3, 0.4) is 0 Å². The maximum atomic E-state index is 12.4. The fourth-order valence-corrected chi connectivity index (χ4v) is 3.06. The Hall–Kier alpha value is -3.74. The van der Waals surface area contributed by atoms with Crippen molar-refractivity contribution in [2.75, 3.05) is 11.9 Å². The van der Waals surface area contributed by atoms with Crippen LogP contribution in [0.4, 0.5) is 5.69 Å². The second kappa shape index (κ2) is 9.38. The van der Waals surface area contributed by atoms with Crippen molar-refractivity contribution in [3.63, 3.8) is 0 Å². The second-order valence-electron chi connectivity index (χ2n) is 8.12. The van der Waals surface area contributed by atoms with Gasteiger partial charge >= 0.3 is 5.97 Å². The normalized spacial score (nSPS) is 11.1. The van der Waals surface area contributed by atoms with E-state index in [0.717, 1.165) is 11.1 Å². The molecule has 0 fully saturated rings. The number of para-hydroxylation sites is 1. The van der Waals surface area contributed by atoms with E-state index in [4.69, 9.17) is 4.74 Å². The molecule has 2 aromatic carbocycles. The number of anilines is 1. The molecule has 0 saturated carbocycles. The van der Waals surface area contributed by atoms with Crippen LogP contribution in [0.15, 0.2) is 71.5 Å². The van der Waals surface area contributed by atoms with Gasteiger partial charge in [-0.3, -0.25) is 9.59 Å². The van der Waals surface area contributed by atoms with Gasteiger partial charge in [-0.1, -0.05) is 69.3 Å². The summed E-state index contributed by atoms with van der Waals surface area (Å²) < 4.78 is 6.29. The highest BCUT2D eigenvalue weighted by atomic mass is 16.5. The van der Waals surface area contributed by atoms with Crippen LogP contribution in [-0.4, -0.2) is 28.3 Å². The lowest BCUT2D eigenvalue weighted by molar-refractivity contribution is -0.119. The van der Waals surface area contributed by atoms with Crippen molar-refractivity contribution < 1.29 is 14.3 Å². The number of hydrogen-bond acceptors (Lipinski definition) is 5. The number of benzene rings is 2. The van der Waals surface area contributed by atoms with E-state index in [-0.39, 0.29) is 23.2 Å². The van der Waals surface area contributed by atoms with Crippen molar-refractivity contribution in [3.05, 3.63) is 93.9 Å². The van der Waals surface area contributed by atoms with E-state index in [1.54, 1.807) is 6.07 Å². The Morgan fingerprint density at radius 2 is 1.65 bits per heavy atom. The van der Waals surface area contributed by atoms with Crippen LogP contribution in [0, 0.1) is 0 Å². The zero-order valence-corrected chi connectivity index (χ0v) is 17.8. The lowest BCUT2D eigenvalue weighted by Gasteiger charge is -2.22. The van der Waals surface area contributed by atoms with Crippen LogP contribution in [0.25, 0.3) is 0 Å². The molecule has 3 rings (SSSR count). The Balaban J connectivity index is 1.64. The summed E-state index contributed by atoms with van der Waals surface area (Å²) in [6.07, 6.45) is 0. The van der Waals surface area contributed by atoms with Gasteiger partial charge < -0.3 is 10.1 Å². The predicted molar refractivity (Wildman–Crippen MR) is 118 cm³/mol. The number of ether oxygens (including phenoxy) is 1. The number of rotatable bonds is 6. The van der Waals surface area contributed by atoms with Crippen molar-refractivity contribution in [2.24, 2.45) is 0 Å². The summed E-state index contributed by atoms with van der Waals surface area (Å²) in [5.41, 5.74) is 1.99. The van der Waals surface area contributed by atoms with Gasteiger partial charge in [0.25, 0.3) is 11.5 Å². The first kappa shape index (κ1) is 22.0. The Morgan fingerprint density at radius 1 is 0.968 bits per heavy atom. The molecular weight excluding hydrogens is 394 g/mol. The standard InChI is InChI=1S/C24H25N3O4/c1-24(2,3)18-11-7-8-12-19(18)25-21(28)16-31-23(30)20-13-14-22(29)27(26-20)15-17-9-5-4-6-10-17/h4-14H,15-16H2,1-3H3,(H,25,28). The highest BCUT2D eigenvalue weighted by molar-refractivity contribution is 5.95. The number of nitrogens with zero attached hydrogens (tertiary/aromatic N) is 2. The largest absolute Gasteiger partial charge is 0.451 e. The molecule has 0 bridgehead atoms. The minimum Gasteiger partial charge on any atom is -0.451 e. The molecule has 0 aliphatic carbocycles. The quantitative estimate of drug-likeness (QED) is 0.619. The Labute approximate surface area is 180 Å². The van der Waals surface area contributed by atoms with Crippen LogP contribution in [0.2, 0.25) is 0 Å². The maximum absolute atomic E-state index is 12.4. The predicted octanol–water partition coefficient (Wildman–Crippen LogP) is 3.38. The number of hydrogen-bond donors (Lipinski definition) is 1. The summed E-state index contributed by atoms with van der Waals surface area (Å²) in [4.78, 5) is 36.8. The van der Waals surface area contributed by atoms with E-state index in [1.807, 2.05) is 69.3 Å². The summed E-state index contributed by atoms with van der Waals surface area (Å²) in [6, 6.07) is 19.3. The summed E-state index contributed by atoms with van der Waals surface area (Å²) in [7, 11) is 0. The van der Waals surface area contributed by atoms with Gasteiger partial charge in [0, 0.05) is 11.8 Å². The molecule has 31 heavy (non-hydrogen) atoms. The monoisotopic (exact) mass is 419 g/mol. The molecule has 0 aliphatic rings. The lowest BCUT2D eigenvalue weighted by atomic mass is 9.86. The number of aromatic nitrogens is 2. The van der Waals surface area contributed by atoms with Gasteiger partial charge in [0.05, 0.1) is 6.54 Å². The van der Waals surface area contributed by atoms with Crippen LogP contribution < -0.4 is 10.9 Å². The first-order valence-corrected chi connectivity index (χ1v) is 9.92. The van der Waals surface area contributed by atoms with Crippen molar-refractivity contribution in [1.82, 2.24) is 9.78 Å². The SMILES string of the molecule is CC(C)(C)c1ccccc1NC(=O)COC(=O)c1ccc(=O)n(Cc2ccccc2)n1. The van der Waals surface area contributed by atoms with Gasteiger partial charge in [0.1, 0.15) is 0 Å². The molecule has 0 spiro atoms. The van der Waals surface area contributed by atoms with Crippen molar-refractivity contribution in [1.29, 1.82) is 0 Å². The summed E-state index contributed by atoms with van der Waals surface area (Å²) >= 11 is 0. The Kier molecular flexibility index (Phi) is 6.65. The second-order valence-corrected chi connectivity index (χ2v) is 8.12. The zero-order chi connectivity index (χ0) is 22.4. The molecule has 0 aliphatic heterocycles. The van der Waals surface area contributed by atoms with E-state index in [1.165, 1.54) is 16.8 Å². The summed E-state index contributed by atoms with van der Waals surface area (Å²) in [5.74, 6) is -1.23. The molecule has 0 atom stereocenters. The number of carbonyl (C=O) groups is 2. The maximum Gasteiger partial charge on any atom is 0.359 e. The molecule has 0 radical (unpaired) electrons. The van der Waals surface area contributed by atoms with Gasteiger partial charge in [-0.15, -0.1) is 0 Å². The molecule has 1 heterocycles. The molecule has 0 unspecified atom stereocenters. The van der Waals surface area contributed by atoms with Gasteiger partial charge in [-0.25, -0.2) is 9.48 Å². The van der Waals surface area contributed by atoms with E-state index >= 15 is 0 Å². The van der Waals surface area contributed by atoms with Gasteiger partial charge in [-0.2, -0.15) is 5.10 Å². The fourth-order valence-electron chi connectivity index (χ4n) is 3.06. The van der Waals surface area contributed by atoms with Crippen LogP contribution in [-0.2, 0) is 21.5 Å². The minimum atomic E-state index is -0.777. The van der Waals surface area contributed by atoms with Gasteiger partial charge in [0.15, 0.2) is 12.3 Å². The molecule has 7 heteroatoms. The number of nitrogens with one attached hydrogen (secondary N) is 1. The fraction of sp³-hybridized carbons (Fsp3) is 0.250. The molecule has 1 amide bonds. The molecule has 1 N–H and O–H groups in total. The first-order chi connectivity index (χ1) is 14.7. The van der Waals surface area contributed by atoms with Crippen LogP contribution in [0.1, 0.15) is 42.4 Å². The Morgan fingerprint density at radius 3 is 2.35 bits per heavy atom. The minimum absolute atomic E-state index is 0.0431. The summed E-state index contributed by atoms with van der Waals surface area (Å²) in [5, 5.41) is 6.86. The van der Waals surface area contributed by atoms with Crippen molar-refractivity contribution in [3.8, 4) is 0 Å². The summed E-state index contributed by atoms with van der Waals surface area (Å²) in [6.45, 7) is 5.91.